The van der Waals surface area contributed by atoms with E-state index in [1.165, 1.54) is 43.4 Å². The second kappa shape index (κ2) is 5.22. The maximum Gasteiger partial charge on any atom is 0.0453 e. The summed E-state index contributed by atoms with van der Waals surface area (Å²) in [5, 5.41) is 4.50. The summed E-state index contributed by atoms with van der Waals surface area (Å²) in [6.45, 7) is 4.16. The van der Waals surface area contributed by atoms with Crippen molar-refractivity contribution in [3.05, 3.63) is 34.3 Å². The molecule has 1 aromatic rings. The fraction of sp³-hybridized carbons (Fsp3) is 0.625. The van der Waals surface area contributed by atoms with Crippen LogP contribution >= 0.6 is 11.6 Å². The second-order valence-electron chi connectivity index (χ2n) is 6.16. The van der Waals surface area contributed by atoms with Crippen LogP contribution in [0, 0.1) is 24.7 Å². The number of hydrogen-bond donors (Lipinski definition) is 1. The average molecular weight is 264 g/mol. The van der Waals surface area contributed by atoms with Gasteiger partial charge in [-0.1, -0.05) is 30.2 Å². The van der Waals surface area contributed by atoms with Crippen molar-refractivity contribution in [1.82, 2.24) is 5.32 Å². The minimum absolute atomic E-state index is 0.899. The van der Waals surface area contributed by atoms with E-state index in [4.69, 9.17) is 11.6 Å². The van der Waals surface area contributed by atoms with E-state index in [1.54, 1.807) is 0 Å². The lowest BCUT2D eigenvalue weighted by molar-refractivity contribution is 0.318. The van der Waals surface area contributed by atoms with Crippen molar-refractivity contribution in [3.63, 3.8) is 0 Å². The van der Waals surface area contributed by atoms with E-state index >= 15 is 0 Å². The van der Waals surface area contributed by atoms with Gasteiger partial charge in [-0.15, -0.1) is 0 Å². The topological polar surface area (TPSA) is 12.0 Å². The average Bonchev–Trinajstić information content (AvgIpc) is 2.94. The van der Waals surface area contributed by atoms with E-state index < -0.39 is 0 Å². The molecule has 1 nitrogen and oxygen atoms in total. The highest BCUT2D eigenvalue weighted by molar-refractivity contribution is 6.31. The molecule has 3 atom stereocenters. The van der Waals surface area contributed by atoms with Gasteiger partial charge in [0.25, 0.3) is 0 Å². The molecular formula is C16H22ClN. The smallest absolute Gasteiger partial charge is 0.0453 e. The van der Waals surface area contributed by atoms with Crippen molar-refractivity contribution < 1.29 is 0 Å². The molecule has 2 aliphatic rings. The Labute approximate surface area is 115 Å². The molecule has 2 aliphatic carbocycles. The molecule has 0 saturated heterocycles. The minimum atomic E-state index is 0.899. The summed E-state index contributed by atoms with van der Waals surface area (Å²) < 4.78 is 0. The molecule has 0 heterocycles. The highest BCUT2D eigenvalue weighted by Crippen LogP contribution is 2.47. The van der Waals surface area contributed by atoms with Crippen LogP contribution in [0.3, 0.4) is 0 Å². The quantitative estimate of drug-likeness (QED) is 0.860. The Balaban J connectivity index is 1.50. The van der Waals surface area contributed by atoms with Crippen LogP contribution < -0.4 is 5.32 Å². The number of halogens is 1. The Hall–Kier alpha value is -0.530. The molecule has 3 rings (SSSR count). The highest BCUT2D eigenvalue weighted by Gasteiger charge is 2.38. The van der Waals surface area contributed by atoms with Crippen LogP contribution in [0.25, 0.3) is 0 Å². The van der Waals surface area contributed by atoms with Gasteiger partial charge in [-0.25, -0.2) is 0 Å². The van der Waals surface area contributed by atoms with E-state index in [1.807, 2.05) is 0 Å². The third-order valence-corrected chi connectivity index (χ3v) is 5.17. The lowest BCUT2D eigenvalue weighted by Gasteiger charge is -2.22. The summed E-state index contributed by atoms with van der Waals surface area (Å²) in [4.78, 5) is 0. The monoisotopic (exact) mass is 263 g/mol. The first-order valence-corrected chi connectivity index (χ1v) is 7.56. The zero-order chi connectivity index (χ0) is 12.5. The third-order valence-electron chi connectivity index (χ3n) is 4.82. The molecule has 1 N–H and O–H groups in total. The van der Waals surface area contributed by atoms with Crippen LogP contribution in [0.4, 0.5) is 0 Å². The summed E-state index contributed by atoms with van der Waals surface area (Å²) in [5.41, 5.74) is 2.46. The van der Waals surface area contributed by atoms with Crippen LogP contribution in [-0.2, 0) is 6.54 Å². The maximum absolute atomic E-state index is 6.25. The van der Waals surface area contributed by atoms with Gasteiger partial charge in [-0.3, -0.25) is 0 Å². The predicted octanol–water partition coefficient (Wildman–Crippen LogP) is 4.17. The highest BCUT2D eigenvalue weighted by atomic mass is 35.5. The number of fused-ring (bicyclic) bond motifs is 2. The first-order valence-electron chi connectivity index (χ1n) is 7.18. The molecule has 2 saturated carbocycles. The molecule has 0 aromatic heterocycles. The lowest BCUT2D eigenvalue weighted by atomic mass is 9.89. The van der Waals surface area contributed by atoms with Gasteiger partial charge in [0, 0.05) is 11.6 Å². The molecule has 98 valence electrons. The maximum atomic E-state index is 6.25. The fourth-order valence-corrected chi connectivity index (χ4v) is 4.12. The fourth-order valence-electron chi connectivity index (χ4n) is 3.81. The molecule has 2 heteroatoms. The Morgan fingerprint density at radius 1 is 1.28 bits per heavy atom. The molecule has 1 aromatic carbocycles. The van der Waals surface area contributed by atoms with Gasteiger partial charge in [0.05, 0.1) is 0 Å². The first kappa shape index (κ1) is 12.5. The van der Waals surface area contributed by atoms with E-state index in [0.29, 0.717) is 0 Å². The summed E-state index contributed by atoms with van der Waals surface area (Å²) >= 11 is 6.25. The largest absolute Gasteiger partial charge is 0.312 e. The molecule has 3 unspecified atom stereocenters. The van der Waals surface area contributed by atoms with Crippen LogP contribution in [0.5, 0.6) is 0 Å². The lowest BCUT2D eigenvalue weighted by Crippen LogP contribution is -2.26. The number of aryl methyl sites for hydroxylation is 1. The van der Waals surface area contributed by atoms with E-state index in [-0.39, 0.29) is 0 Å². The molecule has 0 radical (unpaired) electrons. The number of nitrogens with one attached hydrogen (secondary N) is 1. The van der Waals surface area contributed by atoms with Crippen molar-refractivity contribution >= 4 is 11.6 Å². The van der Waals surface area contributed by atoms with Crippen molar-refractivity contribution in [1.29, 1.82) is 0 Å². The molecule has 0 spiro atoms. The summed E-state index contributed by atoms with van der Waals surface area (Å²) in [6.07, 6.45) is 5.92. The third kappa shape index (κ3) is 2.57. The van der Waals surface area contributed by atoms with E-state index in [9.17, 15) is 0 Å². The van der Waals surface area contributed by atoms with Gasteiger partial charge in [0.1, 0.15) is 0 Å². The van der Waals surface area contributed by atoms with Crippen LogP contribution in [-0.4, -0.2) is 6.54 Å². The number of rotatable bonds is 4. The second-order valence-corrected chi connectivity index (χ2v) is 6.57. The molecule has 18 heavy (non-hydrogen) atoms. The summed E-state index contributed by atoms with van der Waals surface area (Å²) in [7, 11) is 0. The summed E-state index contributed by atoms with van der Waals surface area (Å²) in [6, 6.07) is 6.34. The van der Waals surface area contributed by atoms with Gasteiger partial charge < -0.3 is 5.32 Å². The molecule has 0 aliphatic heterocycles. The molecular weight excluding hydrogens is 242 g/mol. The summed E-state index contributed by atoms with van der Waals surface area (Å²) in [5.74, 6) is 2.98. The molecule has 0 amide bonds. The van der Waals surface area contributed by atoms with Crippen molar-refractivity contribution in [3.8, 4) is 0 Å². The van der Waals surface area contributed by atoms with Crippen LogP contribution in [0.15, 0.2) is 18.2 Å². The Bertz CT molecular complexity index is 429. The van der Waals surface area contributed by atoms with Gasteiger partial charge >= 0.3 is 0 Å². The zero-order valence-electron chi connectivity index (χ0n) is 11.1. The number of benzene rings is 1. The first-order chi connectivity index (χ1) is 8.72. The minimum Gasteiger partial charge on any atom is -0.312 e. The zero-order valence-corrected chi connectivity index (χ0v) is 11.8. The van der Waals surface area contributed by atoms with Crippen LogP contribution in [0.1, 0.15) is 36.8 Å². The SMILES string of the molecule is Cc1ccc(CNCC2CC3CCC2C3)c(Cl)c1. The van der Waals surface area contributed by atoms with Crippen molar-refractivity contribution in [2.75, 3.05) is 6.54 Å². The van der Waals surface area contributed by atoms with Gasteiger partial charge in [0.2, 0.25) is 0 Å². The van der Waals surface area contributed by atoms with Gasteiger partial charge in [-0.05, 0) is 67.7 Å². The van der Waals surface area contributed by atoms with Gasteiger partial charge in [0.15, 0.2) is 0 Å². The van der Waals surface area contributed by atoms with E-state index in [0.717, 1.165) is 29.3 Å². The predicted molar refractivity (Wildman–Crippen MR) is 76.8 cm³/mol. The Kier molecular flexibility index (Phi) is 3.63. The van der Waals surface area contributed by atoms with Crippen LogP contribution in [0.2, 0.25) is 5.02 Å². The molecule has 2 bridgehead atoms. The van der Waals surface area contributed by atoms with Crippen molar-refractivity contribution in [2.24, 2.45) is 17.8 Å². The normalized spacial score (nSPS) is 30.0. The standard InChI is InChI=1S/C16H22ClN/c1-11-2-4-14(16(17)6-11)9-18-10-15-8-12-3-5-13(15)7-12/h2,4,6,12-13,15,18H,3,5,7-10H2,1H3. The van der Waals surface area contributed by atoms with Crippen molar-refractivity contribution in [2.45, 2.75) is 39.2 Å². The number of hydrogen-bond acceptors (Lipinski definition) is 1. The van der Waals surface area contributed by atoms with Gasteiger partial charge in [-0.2, -0.15) is 0 Å². The molecule has 2 fully saturated rings. The Morgan fingerprint density at radius 3 is 2.83 bits per heavy atom. The Morgan fingerprint density at radius 2 is 2.17 bits per heavy atom. The van der Waals surface area contributed by atoms with E-state index in [2.05, 4.69) is 30.4 Å².